The Morgan fingerprint density at radius 3 is 2.55 bits per heavy atom. The van der Waals surface area contributed by atoms with Crippen LogP contribution in [0.5, 0.6) is 5.75 Å². The lowest BCUT2D eigenvalue weighted by atomic mass is 10.0. The molecule has 0 atom stereocenters. The van der Waals surface area contributed by atoms with Crippen LogP contribution in [-0.4, -0.2) is 12.1 Å². The maximum atomic E-state index is 6.36. The summed E-state index contributed by atoms with van der Waals surface area (Å²) in [6.07, 6.45) is 5.77. The molecule has 0 radical (unpaired) electrons. The first-order valence-corrected chi connectivity index (χ1v) is 7.25. The quantitative estimate of drug-likeness (QED) is 0.744. The molecule has 1 aliphatic carbocycles. The van der Waals surface area contributed by atoms with E-state index in [1.54, 1.807) is 25.6 Å². The van der Waals surface area contributed by atoms with Crippen LogP contribution in [-0.2, 0) is 0 Å². The number of benzene rings is 1. The zero-order valence-electron chi connectivity index (χ0n) is 12.5. The van der Waals surface area contributed by atoms with Gasteiger partial charge in [0.15, 0.2) is 0 Å². The van der Waals surface area contributed by atoms with Crippen molar-refractivity contribution >= 4 is 11.5 Å². The van der Waals surface area contributed by atoms with Crippen molar-refractivity contribution in [3.63, 3.8) is 0 Å². The highest BCUT2D eigenvalue weighted by molar-refractivity contribution is 5.69. The summed E-state index contributed by atoms with van der Waals surface area (Å²) < 4.78 is 5.52. The molecule has 0 aliphatic heterocycles. The molecule has 1 fully saturated rings. The van der Waals surface area contributed by atoms with Gasteiger partial charge in [-0.3, -0.25) is 4.98 Å². The van der Waals surface area contributed by atoms with Gasteiger partial charge in [0.25, 0.3) is 0 Å². The van der Waals surface area contributed by atoms with E-state index in [9.17, 15) is 0 Å². The van der Waals surface area contributed by atoms with E-state index in [1.165, 1.54) is 18.4 Å². The Morgan fingerprint density at radius 2 is 1.91 bits per heavy atom. The first-order chi connectivity index (χ1) is 10.6. The van der Waals surface area contributed by atoms with Gasteiger partial charge >= 0.3 is 0 Å². The second-order valence-corrected chi connectivity index (χ2v) is 5.52. The summed E-state index contributed by atoms with van der Waals surface area (Å²) in [5.41, 5.74) is 20.5. The van der Waals surface area contributed by atoms with Gasteiger partial charge in [0, 0.05) is 28.4 Å². The van der Waals surface area contributed by atoms with Crippen molar-refractivity contribution in [2.75, 3.05) is 7.11 Å². The number of nitrogens with two attached hydrogens (primary N) is 3. The number of aromatic nitrogens is 1. The van der Waals surface area contributed by atoms with E-state index in [0.717, 1.165) is 16.5 Å². The molecule has 1 saturated carbocycles. The molecule has 1 aromatic heterocycles. The monoisotopic (exact) mass is 296 g/mol. The summed E-state index contributed by atoms with van der Waals surface area (Å²) in [5, 5.41) is 1.39. The second-order valence-electron chi connectivity index (χ2n) is 5.52. The van der Waals surface area contributed by atoms with E-state index in [1.807, 2.05) is 6.07 Å². The SMILES string of the molecule is COc1cc(C2CC2)ccc1/C(N)=c1\ccncc1=C(N)N. The molecule has 6 N–H and O–H groups in total. The van der Waals surface area contributed by atoms with E-state index in [-0.39, 0.29) is 5.82 Å². The first kappa shape index (κ1) is 14.3. The molecule has 5 nitrogen and oxygen atoms in total. The third-order valence-electron chi connectivity index (χ3n) is 3.99. The van der Waals surface area contributed by atoms with E-state index >= 15 is 0 Å². The molecule has 0 unspecified atom stereocenters. The summed E-state index contributed by atoms with van der Waals surface area (Å²) in [6.45, 7) is 0. The van der Waals surface area contributed by atoms with Crippen LogP contribution in [0.15, 0.2) is 36.7 Å². The molecule has 1 aliphatic rings. The predicted molar refractivity (Wildman–Crippen MR) is 86.9 cm³/mol. The molecular weight excluding hydrogens is 276 g/mol. The number of hydrogen-bond acceptors (Lipinski definition) is 5. The van der Waals surface area contributed by atoms with Crippen LogP contribution in [0.1, 0.15) is 29.9 Å². The van der Waals surface area contributed by atoms with Gasteiger partial charge in [0.2, 0.25) is 0 Å². The molecule has 0 bridgehead atoms. The van der Waals surface area contributed by atoms with Crippen molar-refractivity contribution in [1.29, 1.82) is 0 Å². The van der Waals surface area contributed by atoms with Crippen LogP contribution >= 0.6 is 0 Å². The minimum absolute atomic E-state index is 0.194. The van der Waals surface area contributed by atoms with E-state index in [4.69, 9.17) is 21.9 Å². The van der Waals surface area contributed by atoms with Crippen LogP contribution in [0.25, 0.3) is 11.5 Å². The minimum Gasteiger partial charge on any atom is -0.496 e. The zero-order valence-corrected chi connectivity index (χ0v) is 12.5. The molecule has 2 aromatic rings. The third-order valence-corrected chi connectivity index (χ3v) is 3.99. The summed E-state index contributed by atoms with van der Waals surface area (Å²) in [4.78, 5) is 4.05. The average molecular weight is 296 g/mol. The lowest BCUT2D eigenvalue weighted by molar-refractivity contribution is 0.413. The second kappa shape index (κ2) is 5.60. The number of ether oxygens (including phenoxy) is 1. The average Bonchev–Trinajstić information content (AvgIpc) is 3.38. The number of pyridine rings is 1. The standard InChI is InChI=1S/C17H20N4O/c1-22-15-8-11(10-2-3-10)4-5-13(15)16(18)12-6-7-21-9-14(12)17(19)20/h4-10H,2-3,18-20H2,1H3/b16-12-. The minimum atomic E-state index is 0.194. The molecular formula is C17H20N4O. The molecule has 5 heteroatoms. The van der Waals surface area contributed by atoms with Gasteiger partial charge in [-0.05, 0) is 42.5 Å². The highest BCUT2D eigenvalue weighted by atomic mass is 16.5. The number of methoxy groups -OCH3 is 1. The Hall–Kier alpha value is -2.69. The van der Waals surface area contributed by atoms with Gasteiger partial charge in [-0.2, -0.15) is 0 Å². The maximum absolute atomic E-state index is 6.36. The molecule has 1 aromatic carbocycles. The predicted octanol–water partition coefficient (Wildman–Crippen LogP) is 0.0659. The van der Waals surface area contributed by atoms with Gasteiger partial charge in [0.1, 0.15) is 11.6 Å². The summed E-state index contributed by atoms with van der Waals surface area (Å²) in [7, 11) is 1.65. The largest absolute Gasteiger partial charge is 0.496 e. The third kappa shape index (κ3) is 2.57. The van der Waals surface area contributed by atoms with Crippen molar-refractivity contribution in [1.82, 2.24) is 4.98 Å². The number of rotatable bonds is 3. The molecule has 114 valence electrons. The highest BCUT2D eigenvalue weighted by Crippen LogP contribution is 2.41. The normalized spacial score (nSPS) is 15.3. The van der Waals surface area contributed by atoms with Gasteiger partial charge in [0.05, 0.1) is 12.8 Å². The Labute approximate surface area is 129 Å². The van der Waals surface area contributed by atoms with Crippen molar-refractivity contribution in [3.05, 3.63) is 58.2 Å². The lowest BCUT2D eigenvalue weighted by Gasteiger charge is -2.11. The summed E-state index contributed by atoms with van der Waals surface area (Å²) in [6, 6.07) is 7.98. The molecule has 3 rings (SSSR count). The Kier molecular flexibility index (Phi) is 3.63. The Balaban J connectivity index is 2.23. The van der Waals surface area contributed by atoms with E-state index in [0.29, 0.717) is 16.8 Å². The fourth-order valence-electron chi connectivity index (χ4n) is 2.61. The Morgan fingerprint density at radius 1 is 1.14 bits per heavy atom. The van der Waals surface area contributed by atoms with Crippen LogP contribution in [0.2, 0.25) is 0 Å². The van der Waals surface area contributed by atoms with Crippen LogP contribution in [0.4, 0.5) is 0 Å². The van der Waals surface area contributed by atoms with Crippen LogP contribution in [0.3, 0.4) is 0 Å². The molecule has 0 saturated heterocycles. The molecule has 1 heterocycles. The zero-order chi connectivity index (χ0) is 15.7. The maximum Gasteiger partial charge on any atom is 0.128 e. The molecule has 0 spiro atoms. The number of hydrogen-bond donors (Lipinski definition) is 3. The van der Waals surface area contributed by atoms with Gasteiger partial charge in [-0.15, -0.1) is 0 Å². The molecule has 22 heavy (non-hydrogen) atoms. The van der Waals surface area contributed by atoms with E-state index in [2.05, 4.69) is 17.1 Å². The van der Waals surface area contributed by atoms with Gasteiger partial charge in [-0.25, -0.2) is 0 Å². The fraction of sp³-hybridized carbons (Fsp3) is 0.235. The van der Waals surface area contributed by atoms with Crippen molar-refractivity contribution in [3.8, 4) is 5.75 Å². The van der Waals surface area contributed by atoms with Crippen LogP contribution < -0.4 is 32.4 Å². The number of nitrogens with zero attached hydrogens (tertiary/aromatic N) is 1. The van der Waals surface area contributed by atoms with Gasteiger partial charge in [-0.1, -0.05) is 6.07 Å². The van der Waals surface area contributed by atoms with Crippen molar-refractivity contribution in [2.24, 2.45) is 17.2 Å². The topological polar surface area (TPSA) is 100 Å². The summed E-state index contributed by atoms with van der Waals surface area (Å²) in [5.74, 6) is 1.62. The smallest absolute Gasteiger partial charge is 0.128 e. The Bertz CT molecular complexity index is 821. The lowest BCUT2D eigenvalue weighted by Crippen LogP contribution is -2.36. The molecule has 0 amide bonds. The van der Waals surface area contributed by atoms with Crippen molar-refractivity contribution < 1.29 is 4.74 Å². The summed E-state index contributed by atoms with van der Waals surface area (Å²) >= 11 is 0. The fourth-order valence-corrected chi connectivity index (χ4v) is 2.61. The van der Waals surface area contributed by atoms with Crippen molar-refractivity contribution in [2.45, 2.75) is 18.8 Å². The first-order valence-electron chi connectivity index (χ1n) is 7.25. The highest BCUT2D eigenvalue weighted by Gasteiger charge is 2.24. The van der Waals surface area contributed by atoms with Crippen LogP contribution in [0, 0.1) is 0 Å². The van der Waals surface area contributed by atoms with Gasteiger partial charge < -0.3 is 21.9 Å². The van der Waals surface area contributed by atoms with E-state index < -0.39 is 0 Å².